The highest BCUT2D eigenvalue weighted by molar-refractivity contribution is 9.10. The molecule has 0 aromatic heterocycles. The van der Waals surface area contributed by atoms with Crippen LogP contribution in [0.25, 0.3) is 0 Å². The Bertz CT molecular complexity index is 409. The molecule has 0 aliphatic heterocycles. The van der Waals surface area contributed by atoms with E-state index in [-0.39, 0.29) is 12.4 Å². The Morgan fingerprint density at radius 1 is 1.56 bits per heavy atom. The molecule has 5 heteroatoms. The van der Waals surface area contributed by atoms with E-state index in [1.165, 1.54) is 0 Å². The number of aryl methyl sites for hydroxylation is 1. The quantitative estimate of drug-likeness (QED) is 0.792. The lowest BCUT2D eigenvalue weighted by Crippen LogP contribution is -2.24. The van der Waals surface area contributed by atoms with E-state index in [1.54, 1.807) is 6.92 Å². The van der Waals surface area contributed by atoms with Crippen molar-refractivity contribution in [2.45, 2.75) is 26.4 Å². The number of rotatable bonds is 6. The van der Waals surface area contributed by atoms with Crippen LogP contribution in [-0.2, 0) is 9.53 Å². The first-order chi connectivity index (χ1) is 8.52. The van der Waals surface area contributed by atoms with Crippen LogP contribution in [0.5, 0.6) is 0 Å². The maximum absolute atomic E-state index is 11.2. The minimum atomic E-state index is -0.753. The van der Waals surface area contributed by atoms with Crippen molar-refractivity contribution in [2.75, 3.05) is 18.5 Å². The van der Waals surface area contributed by atoms with Gasteiger partial charge in [-0.25, -0.2) is 0 Å². The highest BCUT2D eigenvalue weighted by Gasteiger charge is 2.11. The fraction of sp³-hybridized carbons (Fsp3) is 0.462. The van der Waals surface area contributed by atoms with E-state index in [0.29, 0.717) is 13.2 Å². The van der Waals surface area contributed by atoms with Gasteiger partial charge in [0.05, 0.1) is 19.1 Å². The van der Waals surface area contributed by atoms with Crippen LogP contribution in [0.4, 0.5) is 5.69 Å². The second kappa shape index (κ2) is 7.38. The Balaban J connectivity index is 2.44. The molecule has 1 unspecified atom stereocenters. The van der Waals surface area contributed by atoms with Gasteiger partial charge in [-0.1, -0.05) is 6.07 Å². The number of hydrogen-bond donors (Lipinski definition) is 2. The molecule has 1 aromatic carbocycles. The fourth-order valence-electron chi connectivity index (χ4n) is 1.49. The van der Waals surface area contributed by atoms with Crippen molar-refractivity contribution in [1.82, 2.24) is 0 Å². The first-order valence-corrected chi connectivity index (χ1v) is 6.66. The molecule has 0 aliphatic carbocycles. The number of carbonyl (C=O) groups excluding carboxylic acids is 1. The molecule has 0 radical (unpaired) electrons. The van der Waals surface area contributed by atoms with Gasteiger partial charge in [-0.3, -0.25) is 4.79 Å². The number of ether oxygens (including phenoxy) is 1. The lowest BCUT2D eigenvalue weighted by molar-refractivity contribution is -0.145. The summed E-state index contributed by atoms with van der Waals surface area (Å²) in [4.78, 5) is 11.2. The van der Waals surface area contributed by atoms with Gasteiger partial charge in [-0.05, 0) is 47.5 Å². The van der Waals surface area contributed by atoms with E-state index in [4.69, 9.17) is 4.74 Å². The van der Waals surface area contributed by atoms with Crippen molar-refractivity contribution in [3.05, 3.63) is 28.2 Å². The summed E-state index contributed by atoms with van der Waals surface area (Å²) in [5.41, 5.74) is 2.03. The highest BCUT2D eigenvalue weighted by Crippen LogP contribution is 2.23. The smallest absolute Gasteiger partial charge is 0.308 e. The average molecular weight is 316 g/mol. The number of aliphatic hydroxyl groups is 1. The van der Waals surface area contributed by atoms with E-state index >= 15 is 0 Å². The lowest BCUT2D eigenvalue weighted by Gasteiger charge is -2.13. The van der Waals surface area contributed by atoms with Crippen LogP contribution in [0.3, 0.4) is 0 Å². The van der Waals surface area contributed by atoms with Crippen molar-refractivity contribution >= 4 is 27.6 Å². The predicted molar refractivity (Wildman–Crippen MR) is 74.6 cm³/mol. The molecule has 0 saturated heterocycles. The Morgan fingerprint density at radius 2 is 2.28 bits per heavy atom. The first-order valence-electron chi connectivity index (χ1n) is 5.86. The van der Waals surface area contributed by atoms with E-state index < -0.39 is 6.10 Å². The van der Waals surface area contributed by atoms with Crippen LogP contribution in [0.15, 0.2) is 22.7 Å². The number of benzene rings is 1. The molecule has 0 fully saturated rings. The van der Waals surface area contributed by atoms with Crippen LogP contribution in [-0.4, -0.2) is 30.3 Å². The van der Waals surface area contributed by atoms with Gasteiger partial charge in [0.2, 0.25) is 0 Å². The van der Waals surface area contributed by atoms with Gasteiger partial charge in [-0.15, -0.1) is 0 Å². The fourth-order valence-corrected chi connectivity index (χ4v) is 1.87. The third kappa shape index (κ3) is 5.06. The summed E-state index contributed by atoms with van der Waals surface area (Å²) in [6.45, 7) is 4.38. The van der Waals surface area contributed by atoms with Gasteiger partial charge in [0, 0.05) is 16.7 Å². The third-order valence-electron chi connectivity index (χ3n) is 2.36. The molecule has 2 N–H and O–H groups in total. The van der Waals surface area contributed by atoms with Crippen molar-refractivity contribution in [2.24, 2.45) is 0 Å². The van der Waals surface area contributed by atoms with Crippen molar-refractivity contribution in [3.8, 4) is 0 Å². The summed E-state index contributed by atoms with van der Waals surface area (Å²) in [5, 5.41) is 12.8. The van der Waals surface area contributed by atoms with Gasteiger partial charge in [0.25, 0.3) is 0 Å². The van der Waals surface area contributed by atoms with E-state index in [2.05, 4.69) is 21.2 Å². The van der Waals surface area contributed by atoms with E-state index in [0.717, 1.165) is 15.7 Å². The SMILES string of the molecule is CCOC(=O)CC(O)CNc1cc(C)ccc1Br. The third-order valence-corrected chi connectivity index (χ3v) is 3.05. The summed E-state index contributed by atoms with van der Waals surface area (Å²) in [5.74, 6) is -0.380. The van der Waals surface area contributed by atoms with E-state index in [9.17, 15) is 9.90 Å². The first kappa shape index (κ1) is 15.0. The zero-order valence-corrected chi connectivity index (χ0v) is 12.2. The molecule has 0 amide bonds. The molecule has 0 saturated carbocycles. The summed E-state index contributed by atoms with van der Waals surface area (Å²) in [6.07, 6.45) is -0.749. The zero-order valence-electron chi connectivity index (χ0n) is 10.6. The molecule has 0 spiro atoms. The molecular weight excluding hydrogens is 298 g/mol. The maximum Gasteiger partial charge on any atom is 0.308 e. The van der Waals surface area contributed by atoms with Gasteiger partial charge in [0.15, 0.2) is 0 Å². The van der Waals surface area contributed by atoms with Crippen molar-refractivity contribution < 1.29 is 14.6 Å². The topological polar surface area (TPSA) is 58.6 Å². The largest absolute Gasteiger partial charge is 0.466 e. The number of nitrogens with one attached hydrogen (secondary N) is 1. The summed E-state index contributed by atoms with van der Waals surface area (Å²) < 4.78 is 5.70. The summed E-state index contributed by atoms with van der Waals surface area (Å²) >= 11 is 3.42. The number of carbonyl (C=O) groups is 1. The molecule has 1 aromatic rings. The lowest BCUT2D eigenvalue weighted by atomic mass is 10.2. The van der Waals surface area contributed by atoms with Crippen LogP contribution >= 0.6 is 15.9 Å². The number of anilines is 1. The molecule has 4 nitrogen and oxygen atoms in total. The minimum absolute atomic E-state index is 0.00424. The molecule has 1 atom stereocenters. The normalized spacial score (nSPS) is 12.0. The number of hydrogen-bond acceptors (Lipinski definition) is 4. The van der Waals surface area contributed by atoms with Gasteiger partial charge in [-0.2, -0.15) is 0 Å². The van der Waals surface area contributed by atoms with Crippen LogP contribution in [0, 0.1) is 6.92 Å². The molecule has 0 aliphatic rings. The second-order valence-electron chi connectivity index (χ2n) is 4.03. The van der Waals surface area contributed by atoms with Crippen molar-refractivity contribution in [1.29, 1.82) is 0 Å². The molecule has 18 heavy (non-hydrogen) atoms. The van der Waals surface area contributed by atoms with Gasteiger partial charge < -0.3 is 15.2 Å². The Morgan fingerprint density at radius 3 is 2.94 bits per heavy atom. The molecular formula is C13H18BrNO3. The second-order valence-corrected chi connectivity index (χ2v) is 4.88. The molecule has 100 valence electrons. The maximum atomic E-state index is 11.2. The van der Waals surface area contributed by atoms with E-state index in [1.807, 2.05) is 25.1 Å². The zero-order chi connectivity index (χ0) is 13.5. The molecule has 0 heterocycles. The molecule has 1 rings (SSSR count). The number of esters is 1. The van der Waals surface area contributed by atoms with Crippen LogP contribution in [0.1, 0.15) is 18.9 Å². The van der Waals surface area contributed by atoms with Gasteiger partial charge in [0.1, 0.15) is 0 Å². The number of aliphatic hydroxyl groups excluding tert-OH is 1. The Hall–Kier alpha value is -1.07. The summed E-state index contributed by atoms with van der Waals surface area (Å²) in [6, 6.07) is 5.90. The number of halogens is 1. The summed E-state index contributed by atoms with van der Waals surface area (Å²) in [7, 11) is 0. The van der Waals surface area contributed by atoms with Crippen LogP contribution < -0.4 is 5.32 Å². The Kier molecular flexibility index (Phi) is 6.15. The van der Waals surface area contributed by atoms with Crippen molar-refractivity contribution in [3.63, 3.8) is 0 Å². The van der Waals surface area contributed by atoms with Gasteiger partial charge >= 0.3 is 5.97 Å². The molecule has 0 bridgehead atoms. The minimum Gasteiger partial charge on any atom is -0.466 e. The monoisotopic (exact) mass is 315 g/mol. The Labute approximate surface area is 115 Å². The highest BCUT2D eigenvalue weighted by atomic mass is 79.9. The average Bonchev–Trinajstić information content (AvgIpc) is 2.30. The standard InChI is InChI=1S/C13H18BrNO3/c1-3-18-13(17)7-10(16)8-15-12-6-9(2)4-5-11(12)14/h4-6,10,15-16H,3,7-8H2,1-2H3. The van der Waals surface area contributed by atoms with Crippen LogP contribution in [0.2, 0.25) is 0 Å². The predicted octanol–water partition coefficient (Wildman–Crippen LogP) is 2.48.